The molecular weight excluding hydrogens is 276 g/mol. The van der Waals surface area contributed by atoms with Crippen LogP contribution in [0.5, 0.6) is 5.75 Å². The van der Waals surface area contributed by atoms with Gasteiger partial charge in [0.05, 0.1) is 0 Å². The van der Waals surface area contributed by atoms with E-state index in [1.807, 2.05) is 66.7 Å². The molecule has 3 rings (SSSR count). The summed E-state index contributed by atoms with van der Waals surface area (Å²) in [6, 6.07) is 22.5. The Morgan fingerprint density at radius 2 is 1.55 bits per heavy atom. The predicted molar refractivity (Wildman–Crippen MR) is 86.6 cm³/mol. The first kappa shape index (κ1) is 13.9. The van der Waals surface area contributed by atoms with E-state index in [4.69, 9.17) is 4.74 Å². The molecule has 108 valence electrons. The number of carboxylic acids is 1. The van der Waals surface area contributed by atoms with Crippen molar-refractivity contribution in [2.45, 2.75) is 0 Å². The molecule has 0 saturated carbocycles. The molecule has 0 heterocycles. The molecule has 0 aromatic heterocycles. The minimum Gasteiger partial charge on any atom is -0.475 e. The van der Waals surface area contributed by atoms with E-state index < -0.39 is 5.97 Å². The zero-order chi connectivity index (χ0) is 15.4. The molecule has 0 radical (unpaired) electrons. The van der Waals surface area contributed by atoms with E-state index >= 15 is 0 Å². The summed E-state index contributed by atoms with van der Waals surface area (Å²) < 4.78 is 5.65. The van der Waals surface area contributed by atoms with E-state index in [1.54, 1.807) is 6.07 Å². The zero-order valence-corrected chi connectivity index (χ0v) is 11.8. The van der Waals surface area contributed by atoms with Gasteiger partial charge in [0.1, 0.15) is 5.75 Å². The topological polar surface area (TPSA) is 46.5 Å². The molecule has 0 amide bonds. The van der Waals surface area contributed by atoms with Crippen molar-refractivity contribution in [1.29, 1.82) is 0 Å². The van der Waals surface area contributed by atoms with Crippen molar-refractivity contribution in [2.75, 3.05) is 0 Å². The van der Waals surface area contributed by atoms with Crippen LogP contribution in [-0.2, 0) is 4.79 Å². The van der Waals surface area contributed by atoms with Crippen LogP contribution in [-0.4, -0.2) is 11.1 Å². The second kappa shape index (κ2) is 6.14. The Morgan fingerprint density at radius 1 is 0.864 bits per heavy atom. The highest BCUT2D eigenvalue weighted by atomic mass is 16.5. The number of fused-ring (bicyclic) bond motifs is 1. The van der Waals surface area contributed by atoms with Gasteiger partial charge in [-0.15, -0.1) is 0 Å². The third-order valence-corrected chi connectivity index (χ3v) is 3.28. The molecule has 0 aliphatic carbocycles. The summed E-state index contributed by atoms with van der Waals surface area (Å²) in [4.78, 5) is 11.5. The first-order chi connectivity index (χ1) is 10.7. The van der Waals surface area contributed by atoms with Gasteiger partial charge in [-0.25, -0.2) is 4.79 Å². The maximum atomic E-state index is 11.5. The van der Waals surface area contributed by atoms with Gasteiger partial charge in [-0.2, -0.15) is 0 Å². The molecule has 0 atom stereocenters. The summed E-state index contributed by atoms with van der Waals surface area (Å²) in [5.74, 6) is -0.679. The Kier molecular flexibility index (Phi) is 3.88. The number of rotatable bonds is 4. The lowest BCUT2D eigenvalue weighted by molar-refractivity contribution is -0.134. The molecule has 0 unspecified atom stereocenters. The fourth-order valence-electron chi connectivity index (χ4n) is 2.24. The first-order valence-electron chi connectivity index (χ1n) is 6.90. The van der Waals surface area contributed by atoms with Crippen molar-refractivity contribution < 1.29 is 14.6 Å². The molecule has 22 heavy (non-hydrogen) atoms. The van der Waals surface area contributed by atoms with Crippen LogP contribution in [0.15, 0.2) is 78.6 Å². The maximum Gasteiger partial charge on any atom is 0.371 e. The van der Waals surface area contributed by atoms with Gasteiger partial charge in [0.25, 0.3) is 0 Å². The van der Waals surface area contributed by atoms with Crippen LogP contribution in [0.2, 0.25) is 0 Å². The zero-order valence-electron chi connectivity index (χ0n) is 11.8. The monoisotopic (exact) mass is 290 g/mol. The molecule has 0 fully saturated rings. The van der Waals surface area contributed by atoms with Gasteiger partial charge in [0.2, 0.25) is 5.76 Å². The van der Waals surface area contributed by atoms with E-state index in [0.29, 0.717) is 5.75 Å². The smallest absolute Gasteiger partial charge is 0.371 e. The van der Waals surface area contributed by atoms with Gasteiger partial charge < -0.3 is 9.84 Å². The van der Waals surface area contributed by atoms with Gasteiger partial charge >= 0.3 is 5.97 Å². The third kappa shape index (κ3) is 2.99. The van der Waals surface area contributed by atoms with Gasteiger partial charge in [-0.1, -0.05) is 66.7 Å². The largest absolute Gasteiger partial charge is 0.475 e. The van der Waals surface area contributed by atoms with E-state index in [1.165, 1.54) is 6.08 Å². The van der Waals surface area contributed by atoms with Crippen molar-refractivity contribution >= 4 is 22.8 Å². The normalized spacial score (nSPS) is 11.4. The first-order valence-corrected chi connectivity index (χ1v) is 6.90. The number of benzene rings is 3. The summed E-state index contributed by atoms with van der Waals surface area (Å²) in [5.41, 5.74) is 0.778. The molecule has 0 saturated heterocycles. The third-order valence-electron chi connectivity index (χ3n) is 3.28. The Balaban J connectivity index is 2.01. The molecule has 0 aliphatic rings. The molecule has 0 bridgehead atoms. The highest BCUT2D eigenvalue weighted by Gasteiger charge is 2.12. The van der Waals surface area contributed by atoms with E-state index in [0.717, 1.165) is 16.3 Å². The number of carbonyl (C=O) groups is 1. The summed E-state index contributed by atoms with van der Waals surface area (Å²) in [7, 11) is 0. The fraction of sp³-hybridized carbons (Fsp3) is 0. The number of hydrogen-bond donors (Lipinski definition) is 1. The summed E-state index contributed by atoms with van der Waals surface area (Å²) in [6.45, 7) is 0. The highest BCUT2D eigenvalue weighted by Crippen LogP contribution is 2.27. The number of carboxylic acid groups (broad SMARTS) is 1. The molecule has 3 aromatic rings. The van der Waals surface area contributed by atoms with Crippen LogP contribution in [0, 0.1) is 0 Å². The van der Waals surface area contributed by atoms with E-state index in [9.17, 15) is 9.90 Å². The summed E-state index contributed by atoms with van der Waals surface area (Å²) in [5, 5.41) is 11.3. The SMILES string of the molecule is O=C(O)C(=Cc1ccccc1)Oc1cccc2ccccc12. The number of ether oxygens (including phenoxy) is 1. The Bertz CT molecular complexity index is 830. The minimum atomic E-state index is -1.10. The Morgan fingerprint density at radius 3 is 2.32 bits per heavy atom. The molecule has 3 heteroatoms. The average Bonchev–Trinajstić information content (AvgIpc) is 2.55. The molecule has 3 aromatic carbocycles. The standard InChI is InChI=1S/C19H14O3/c20-19(21)18(13-14-7-2-1-3-8-14)22-17-12-6-10-15-9-4-5-11-16(15)17/h1-13H,(H,20,21). The van der Waals surface area contributed by atoms with Crippen LogP contribution in [0.25, 0.3) is 16.8 Å². The van der Waals surface area contributed by atoms with Crippen LogP contribution in [0.4, 0.5) is 0 Å². The van der Waals surface area contributed by atoms with Gasteiger partial charge in [0, 0.05) is 5.39 Å². The van der Waals surface area contributed by atoms with Gasteiger partial charge in [-0.3, -0.25) is 0 Å². The van der Waals surface area contributed by atoms with Gasteiger partial charge in [0.15, 0.2) is 0 Å². The fourth-order valence-corrected chi connectivity index (χ4v) is 2.24. The number of aliphatic carboxylic acids is 1. The minimum absolute atomic E-state index is 0.109. The average molecular weight is 290 g/mol. The van der Waals surface area contributed by atoms with Crippen molar-refractivity contribution in [2.24, 2.45) is 0 Å². The molecule has 3 nitrogen and oxygen atoms in total. The van der Waals surface area contributed by atoms with Crippen LogP contribution >= 0.6 is 0 Å². The van der Waals surface area contributed by atoms with E-state index in [-0.39, 0.29) is 5.76 Å². The lowest BCUT2D eigenvalue weighted by atomic mass is 10.1. The molecule has 0 spiro atoms. The van der Waals surface area contributed by atoms with Crippen molar-refractivity contribution in [1.82, 2.24) is 0 Å². The van der Waals surface area contributed by atoms with Crippen molar-refractivity contribution in [3.8, 4) is 5.75 Å². The van der Waals surface area contributed by atoms with Crippen molar-refractivity contribution in [3.63, 3.8) is 0 Å². The van der Waals surface area contributed by atoms with Crippen LogP contribution in [0.1, 0.15) is 5.56 Å². The lowest BCUT2D eigenvalue weighted by Gasteiger charge is -2.09. The lowest BCUT2D eigenvalue weighted by Crippen LogP contribution is -2.07. The summed E-state index contributed by atoms with van der Waals surface area (Å²) in [6.07, 6.45) is 1.52. The van der Waals surface area contributed by atoms with Crippen LogP contribution < -0.4 is 4.74 Å². The summed E-state index contributed by atoms with van der Waals surface area (Å²) >= 11 is 0. The second-order valence-corrected chi connectivity index (χ2v) is 4.80. The quantitative estimate of drug-likeness (QED) is 0.574. The van der Waals surface area contributed by atoms with Crippen LogP contribution in [0.3, 0.4) is 0 Å². The van der Waals surface area contributed by atoms with E-state index in [2.05, 4.69) is 0 Å². The van der Waals surface area contributed by atoms with Gasteiger partial charge in [-0.05, 0) is 23.1 Å². The molecule has 1 N–H and O–H groups in total. The Labute approximate surface area is 128 Å². The maximum absolute atomic E-state index is 11.5. The second-order valence-electron chi connectivity index (χ2n) is 4.80. The van der Waals surface area contributed by atoms with Crippen molar-refractivity contribution in [3.05, 3.63) is 84.1 Å². The molecule has 0 aliphatic heterocycles. The Hall–Kier alpha value is -3.07. The predicted octanol–water partition coefficient (Wildman–Crippen LogP) is 4.34. The highest BCUT2D eigenvalue weighted by molar-refractivity contribution is 5.93. The molecular formula is C19H14O3. The number of hydrogen-bond acceptors (Lipinski definition) is 2.